The van der Waals surface area contributed by atoms with Crippen molar-refractivity contribution in [2.75, 3.05) is 4.90 Å². The van der Waals surface area contributed by atoms with Crippen molar-refractivity contribution < 1.29 is 0 Å². The number of hydrogen-bond acceptors (Lipinski definition) is 3. The molecule has 0 amide bonds. The Balaban J connectivity index is 0.945. The maximum absolute atomic E-state index is 5.36. The summed E-state index contributed by atoms with van der Waals surface area (Å²) in [5.41, 5.74) is 20.4. The van der Waals surface area contributed by atoms with Crippen LogP contribution < -0.4 is 4.90 Å². The number of anilines is 3. The van der Waals surface area contributed by atoms with Crippen molar-refractivity contribution in [1.82, 2.24) is 14.5 Å². The van der Waals surface area contributed by atoms with Crippen LogP contribution in [0.5, 0.6) is 0 Å². The molecular weight excluding hydrogens is 837 g/mol. The predicted octanol–water partition coefficient (Wildman–Crippen LogP) is 16.5. The van der Waals surface area contributed by atoms with Gasteiger partial charge in [-0.3, -0.25) is 4.98 Å². The van der Waals surface area contributed by atoms with E-state index in [9.17, 15) is 0 Å². The maximum Gasteiger partial charge on any atom is 0.0979 e. The van der Waals surface area contributed by atoms with E-state index in [2.05, 4.69) is 246 Å². The van der Waals surface area contributed by atoms with Gasteiger partial charge < -0.3 is 9.47 Å². The number of para-hydroxylation sites is 2. The van der Waals surface area contributed by atoms with Gasteiger partial charge in [0.05, 0.1) is 39.4 Å². The minimum absolute atomic E-state index is 0.470. The van der Waals surface area contributed by atoms with Gasteiger partial charge in [0, 0.05) is 49.9 Å². The average Bonchev–Trinajstić information content (AvgIpc) is 4.03. The summed E-state index contributed by atoms with van der Waals surface area (Å²) in [4.78, 5) is 12.9. The van der Waals surface area contributed by atoms with Crippen molar-refractivity contribution in [2.24, 2.45) is 0 Å². The van der Waals surface area contributed by atoms with Gasteiger partial charge in [-0.1, -0.05) is 176 Å². The van der Waals surface area contributed by atoms with Gasteiger partial charge in [-0.15, -0.1) is 0 Å². The Hall–Kier alpha value is -9.12. The van der Waals surface area contributed by atoms with Crippen LogP contribution in [0.25, 0.3) is 93.6 Å². The lowest BCUT2D eigenvalue weighted by atomic mass is 9.70. The topological polar surface area (TPSA) is 34.0 Å². The van der Waals surface area contributed by atoms with Crippen molar-refractivity contribution in [3.8, 4) is 39.2 Å². The van der Waals surface area contributed by atoms with Crippen LogP contribution >= 0.6 is 0 Å². The number of benzene rings is 11. The molecule has 1 spiro atoms. The predicted molar refractivity (Wildman–Crippen MR) is 285 cm³/mol. The molecule has 0 fully saturated rings. The van der Waals surface area contributed by atoms with E-state index >= 15 is 0 Å². The summed E-state index contributed by atoms with van der Waals surface area (Å²) in [6.45, 7) is 0. The molecule has 0 aliphatic heterocycles. The minimum atomic E-state index is -0.470. The van der Waals surface area contributed by atoms with E-state index in [0.29, 0.717) is 0 Å². The van der Waals surface area contributed by atoms with E-state index in [-0.39, 0.29) is 0 Å². The van der Waals surface area contributed by atoms with Gasteiger partial charge in [-0.25, -0.2) is 4.98 Å². The zero-order valence-electron chi connectivity index (χ0n) is 37.4. The Morgan fingerprint density at radius 2 is 0.841 bits per heavy atom. The van der Waals surface area contributed by atoms with Crippen LogP contribution in [0.1, 0.15) is 22.3 Å². The number of fused-ring (bicyclic) bond motifs is 19. The molecule has 0 atom stereocenters. The molecule has 0 N–H and O–H groups in total. The van der Waals surface area contributed by atoms with E-state index in [0.717, 1.165) is 55.8 Å². The van der Waals surface area contributed by atoms with Gasteiger partial charge in [0.25, 0.3) is 0 Å². The Bertz CT molecular complexity index is 4160. The van der Waals surface area contributed by atoms with Gasteiger partial charge in [0.1, 0.15) is 0 Å². The van der Waals surface area contributed by atoms with Gasteiger partial charge in [0.2, 0.25) is 0 Å². The first-order valence-corrected chi connectivity index (χ1v) is 23.7. The minimum Gasteiger partial charge on any atom is -0.310 e. The fourth-order valence-corrected chi connectivity index (χ4v) is 12.2. The quantitative estimate of drug-likeness (QED) is 0.162. The number of hydrogen-bond donors (Lipinski definition) is 0. The average molecular weight is 877 g/mol. The number of aromatic nitrogens is 3. The molecule has 2 aliphatic rings. The smallest absolute Gasteiger partial charge is 0.0979 e. The first-order chi connectivity index (χ1) is 34.2. The highest BCUT2D eigenvalue weighted by molar-refractivity contribution is 6.23. The summed E-state index contributed by atoms with van der Waals surface area (Å²) >= 11 is 0. The molecule has 2 heterocycles. The normalized spacial score (nSPS) is 13.0. The monoisotopic (exact) mass is 876 g/mol. The Labute approximate surface area is 398 Å². The lowest BCUT2D eigenvalue weighted by Gasteiger charge is -2.32. The van der Waals surface area contributed by atoms with Crippen molar-refractivity contribution in [1.29, 1.82) is 0 Å². The molecular formula is C65H40N4. The van der Waals surface area contributed by atoms with Crippen LogP contribution in [-0.4, -0.2) is 14.5 Å². The molecule has 0 radical (unpaired) electrons. The molecule has 0 saturated heterocycles. The fraction of sp³-hybridized carbons (Fsp3) is 0.0154. The molecule has 0 saturated carbocycles. The molecule has 0 unspecified atom stereocenters. The maximum atomic E-state index is 5.36. The van der Waals surface area contributed by atoms with Crippen LogP contribution in [0.2, 0.25) is 0 Å². The molecule has 13 aromatic rings. The first-order valence-electron chi connectivity index (χ1n) is 23.7. The largest absolute Gasteiger partial charge is 0.310 e. The van der Waals surface area contributed by atoms with Crippen LogP contribution in [0.3, 0.4) is 0 Å². The summed E-state index contributed by atoms with van der Waals surface area (Å²) in [7, 11) is 0. The second-order valence-electron chi connectivity index (χ2n) is 18.4. The van der Waals surface area contributed by atoms with E-state index in [4.69, 9.17) is 9.97 Å². The zero-order valence-corrected chi connectivity index (χ0v) is 37.4. The summed E-state index contributed by atoms with van der Waals surface area (Å²) in [5, 5.41) is 7.01. The highest BCUT2D eigenvalue weighted by Crippen LogP contribution is 2.63. The van der Waals surface area contributed by atoms with Gasteiger partial charge >= 0.3 is 0 Å². The van der Waals surface area contributed by atoms with Crippen molar-refractivity contribution in [2.45, 2.75) is 5.41 Å². The summed E-state index contributed by atoms with van der Waals surface area (Å²) < 4.78 is 2.38. The van der Waals surface area contributed by atoms with Crippen LogP contribution in [0.4, 0.5) is 17.1 Å². The zero-order chi connectivity index (χ0) is 45.2. The van der Waals surface area contributed by atoms with Gasteiger partial charge in [0.15, 0.2) is 0 Å². The fourth-order valence-electron chi connectivity index (χ4n) is 12.2. The van der Waals surface area contributed by atoms with Crippen LogP contribution in [0, 0.1) is 0 Å². The second-order valence-corrected chi connectivity index (χ2v) is 18.4. The molecule has 4 nitrogen and oxygen atoms in total. The molecule has 15 rings (SSSR count). The van der Waals surface area contributed by atoms with Gasteiger partial charge in [-0.05, 0) is 116 Å². The number of nitrogens with zero attached hydrogens (tertiary/aromatic N) is 4. The molecule has 69 heavy (non-hydrogen) atoms. The molecule has 11 aromatic carbocycles. The van der Waals surface area contributed by atoms with Gasteiger partial charge in [-0.2, -0.15) is 0 Å². The van der Waals surface area contributed by atoms with Crippen LogP contribution in [0.15, 0.2) is 243 Å². The Kier molecular flexibility index (Phi) is 7.96. The Morgan fingerprint density at radius 3 is 1.51 bits per heavy atom. The van der Waals surface area contributed by atoms with E-state index in [1.54, 1.807) is 0 Å². The third-order valence-electron chi connectivity index (χ3n) is 15.0. The summed E-state index contributed by atoms with van der Waals surface area (Å²) in [6, 6.07) is 86.7. The summed E-state index contributed by atoms with van der Waals surface area (Å²) in [5.74, 6) is 0. The standard InChI is InChI=1S/C65H40N4/c1-2-16-42(17-3-1)69-61-29-15-11-23-52(61)55-38-44(35-37-62(55)69)68(43-32-30-41(31-33-43)60-40-66-63-53-24-6-4-18-46(53)47-19-5-7-25-54(47)64(63)67-60)45-34-36-51-50-22-10-14-28-58(50)65(59(51)39-45)56-26-12-8-20-48(56)49-21-9-13-27-57(49)65/h1-40H. The third kappa shape index (κ3) is 5.28. The Morgan fingerprint density at radius 1 is 0.348 bits per heavy atom. The van der Waals surface area contributed by atoms with Crippen molar-refractivity contribution in [3.63, 3.8) is 0 Å². The van der Waals surface area contributed by atoms with E-state index in [1.807, 2.05) is 6.20 Å². The van der Waals surface area contributed by atoms with E-state index < -0.39 is 5.41 Å². The molecule has 320 valence electrons. The summed E-state index contributed by atoms with van der Waals surface area (Å²) in [6.07, 6.45) is 1.93. The lowest BCUT2D eigenvalue weighted by molar-refractivity contribution is 0.793. The second kappa shape index (κ2) is 14.4. The lowest BCUT2D eigenvalue weighted by Crippen LogP contribution is -2.26. The molecule has 2 aromatic heterocycles. The van der Waals surface area contributed by atoms with Crippen molar-refractivity contribution in [3.05, 3.63) is 265 Å². The first kappa shape index (κ1) is 38.0. The highest BCUT2D eigenvalue weighted by Gasteiger charge is 2.51. The van der Waals surface area contributed by atoms with Crippen LogP contribution in [-0.2, 0) is 5.41 Å². The molecule has 4 heteroatoms. The highest BCUT2D eigenvalue weighted by atomic mass is 15.1. The third-order valence-corrected chi connectivity index (χ3v) is 15.0. The van der Waals surface area contributed by atoms with E-state index in [1.165, 1.54) is 77.1 Å². The van der Waals surface area contributed by atoms with Crippen molar-refractivity contribution >= 4 is 71.4 Å². The molecule has 2 aliphatic carbocycles. The number of rotatable bonds is 5. The molecule has 0 bridgehead atoms. The SMILES string of the molecule is c1ccc(-n2c3ccccc3c3cc(N(c4ccc(-c5cnc6c7ccccc7c7ccccc7c6n5)cc4)c4ccc5c(c4)C4(c6ccccc6-c6ccccc64)c4ccccc4-5)ccc32)cc1.